The Balaban J connectivity index is 2.39. The number of anilines is 1. The minimum Gasteiger partial charge on any atom is -0.398 e. The molecule has 1 nitrogen and oxygen atoms in total. The molecule has 0 saturated heterocycles. The summed E-state index contributed by atoms with van der Waals surface area (Å²) in [6, 6.07) is -1.60. The van der Waals surface area contributed by atoms with E-state index in [9.17, 15) is 0 Å². The SMILES string of the molecule is [2H]c1c([2H])c(C([2H])([2H])[2H])c([2H])c([2H])c1-c1cccc(-c2c([2H])c([2H])c(C([2H])([2H])[2H])c([2H])c2[2H])c1N. The summed E-state index contributed by atoms with van der Waals surface area (Å²) in [5.41, 5.74) is 3.87. The van der Waals surface area contributed by atoms with Gasteiger partial charge in [-0.15, -0.1) is 0 Å². The number of nitrogen functional groups attached to an aromatic ring is 1. The molecule has 3 rings (SSSR count). The Labute approximate surface area is 145 Å². The highest BCUT2D eigenvalue weighted by Gasteiger charge is 2.08. The minimum atomic E-state index is -2.90. The number of rotatable bonds is 2. The molecule has 1 heteroatoms. The first-order chi connectivity index (χ1) is 15.9. The van der Waals surface area contributed by atoms with Crippen LogP contribution in [0.15, 0.2) is 66.5 Å². The lowest BCUT2D eigenvalue weighted by Crippen LogP contribution is -1.94. The van der Waals surface area contributed by atoms with Crippen molar-refractivity contribution in [1.29, 1.82) is 0 Å². The molecule has 0 heterocycles. The monoisotopic (exact) mass is 287 g/mol. The molecule has 0 aromatic heterocycles. The second kappa shape index (κ2) is 5.45. The molecule has 3 aromatic carbocycles. The first-order valence-electron chi connectivity index (χ1n) is 13.0. The summed E-state index contributed by atoms with van der Waals surface area (Å²) in [4.78, 5) is 0. The number of hydrogen-bond donors (Lipinski definition) is 1. The van der Waals surface area contributed by atoms with Crippen molar-refractivity contribution in [2.75, 3.05) is 5.73 Å². The van der Waals surface area contributed by atoms with Crippen LogP contribution in [0.2, 0.25) is 0 Å². The largest absolute Gasteiger partial charge is 0.398 e. The van der Waals surface area contributed by atoms with Crippen LogP contribution in [-0.2, 0) is 0 Å². The summed E-state index contributed by atoms with van der Waals surface area (Å²) in [7, 11) is 0. The molecule has 0 atom stereocenters. The van der Waals surface area contributed by atoms with Crippen molar-refractivity contribution >= 4 is 5.69 Å². The van der Waals surface area contributed by atoms with Gasteiger partial charge < -0.3 is 5.73 Å². The van der Waals surface area contributed by atoms with Crippen molar-refractivity contribution in [3.05, 3.63) is 77.7 Å². The van der Waals surface area contributed by atoms with Crippen molar-refractivity contribution < 1.29 is 19.2 Å². The van der Waals surface area contributed by atoms with Crippen LogP contribution in [0.3, 0.4) is 0 Å². The van der Waals surface area contributed by atoms with Gasteiger partial charge in [0.25, 0.3) is 0 Å². The first-order valence-corrected chi connectivity index (χ1v) is 6.03. The van der Waals surface area contributed by atoms with Crippen LogP contribution in [-0.4, -0.2) is 0 Å². The molecule has 0 bridgehead atoms. The van der Waals surface area contributed by atoms with Crippen LogP contribution in [0, 0.1) is 13.7 Å². The molecule has 0 aliphatic heterocycles. The summed E-state index contributed by atoms with van der Waals surface area (Å²) < 4.78 is 111. The smallest absolute Gasteiger partial charge is 0.0629 e. The molecule has 0 saturated carbocycles. The van der Waals surface area contributed by atoms with Crippen LogP contribution in [0.4, 0.5) is 5.69 Å². The highest BCUT2D eigenvalue weighted by molar-refractivity contribution is 5.88. The predicted molar refractivity (Wildman–Crippen MR) is 91.2 cm³/mol. The molecule has 0 aliphatic rings. The van der Waals surface area contributed by atoms with Gasteiger partial charge in [-0.2, -0.15) is 0 Å². The Morgan fingerprint density at radius 2 is 1.19 bits per heavy atom. The second-order valence-electron chi connectivity index (χ2n) is 4.27. The topological polar surface area (TPSA) is 26.0 Å². The van der Waals surface area contributed by atoms with Gasteiger partial charge in [-0.05, 0) is 24.8 Å². The Bertz CT molecular complexity index is 1200. The lowest BCUT2D eigenvalue weighted by Gasteiger charge is -2.12. The van der Waals surface area contributed by atoms with E-state index in [4.69, 9.17) is 24.9 Å². The zero-order chi connectivity index (χ0) is 26.8. The molecule has 0 spiro atoms. The van der Waals surface area contributed by atoms with E-state index in [1.54, 1.807) is 0 Å². The third-order valence-corrected chi connectivity index (χ3v) is 2.89. The van der Waals surface area contributed by atoms with Gasteiger partial charge in [0.15, 0.2) is 0 Å². The van der Waals surface area contributed by atoms with Crippen molar-refractivity contribution in [2.24, 2.45) is 0 Å². The van der Waals surface area contributed by atoms with Crippen LogP contribution in [0.5, 0.6) is 0 Å². The maximum Gasteiger partial charge on any atom is 0.0629 e. The molecule has 0 fully saturated rings. The molecule has 0 amide bonds. The maximum absolute atomic E-state index is 8.32. The third-order valence-electron chi connectivity index (χ3n) is 2.89. The van der Waals surface area contributed by atoms with Crippen molar-refractivity contribution in [1.82, 2.24) is 0 Å². The van der Waals surface area contributed by atoms with E-state index >= 15 is 0 Å². The maximum atomic E-state index is 8.32. The van der Waals surface area contributed by atoms with E-state index in [1.807, 2.05) is 0 Å². The van der Waals surface area contributed by atoms with Gasteiger partial charge in [-0.25, -0.2) is 0 Å². The highest BCUT2D eigenvalue weighted by atomic mass is 14.6. The van der Waals surface area contributed by atoms with Crippen molar-refractivity contribution in [2.45, 2.75) is 13.7 Å². The van der Waals surface area contributed by atoms with Crippen LogP contribution < -0.4 is 5.73 Å². The minimum absolute atomic E-state index is 0.0478. The fourth-order valence-corrected chi connectivity index (χ4v) is 1.90. The van der Waals surface area contributed by atoms with Gasteiger partial charge in [0.05, 0.1) is 11.0 Å². The highest BCUT2D eigenvalue weighted by Crippen LogP contribution is 2.34. The summed E-state index contributed by atoms with van der Waals surface area (Å²) in [5.74, 6) is 0. The molecule has 104 valence electrons. The summed E-state index contributed by atoms with van der Waals surface area (Å²) in [6.45, 7) is -5.79. The number of nitrogens with two attached hydrogens (primary N) is 1. The average Bonchev–Trinajstić information content (AvgIpc) is 2.71. The quantitative estimate of drug-likeness (QED) is 0.642. The van der Waals surface area contributed by atoms with Crippen LogP contribution >= 0.6 is 0 Å². The number of hydrogen-bond acceptors (Lipinski definition) is 1. The number of para-hydroxylation sites is 1. The lowest BCUT2D eigenvalue weighted by atomic mass is 9.95. The fourth-order valence-electron chi connectivity index (χ4n) is 1.90. The van der Waals surface area contributed by atoms with Gasteiger partial charge in [0.1, 0.15) is 0 Å². The van der Waals surface area contributed by atoms with E-state index in [0.29, 0.717) is 0 Å². The molecule has 2 N–H and O–H groups in total. The van der Waals surface area contributed by atoms with E-state index in [1.165, 1.54) is 18.2 Å². The molecule has 21 heavy (non-hydrogen) atoms. The van der Waals surface area contributed by atoms with Crippen LogP contribution in [0.25, 0.3) is 22.3 Å². The molecule has 0 unspecified atom stereocenters. The Morgan fingerprint density at radius 1 is 0.762 bits per heavy atom. The fraction of sp³-hybridized carbons (Fsp3) is 0.100. The number of benzene rings is 3. The molecule has 0 aliphatic carbocycles. The molecule has 3 aromatic rings. The van der Waals surface area contributed by atoms with E-state index in [0.717, 1.165) is 0 Å². The zero-order valence-electron chi connectivity index (χ0n) is 24.8. The van der Waals surface area contributed by atoms with Gasteiger partial charge >= 0.3 is 0 Å². The van der Waals surface area contributed by atoms with Gasteiger partial charge in [0, 0.05) is 25.0 Å². The van der Waals surface area contributed by atoms with Crippen molar-refractivity contribution in [3.8, 4) is 22.3 Å². The Kier molecular flexibility index (Phi) is 1.23. The standard InChI is InChI=1S/C20H19N/c1-14-6-10-16(11-7-14)18-4-3-5-19(20(18)21)17-12-8-15(2)9-13-17/h3-13H,21H2,1-2H3/i1D3,2D3,6D,7D,8D,9D,10D,11D,12D,13D. The van der Waals surface area contributed by atoms with Gasteiger partial charge in [-0.1, -0.05) is 77.7 Å². The van der Waals surface area contributed by atoms with E-state index < -0.39 is 73.2 Å². The van der Waals surface area contributed by atoms with Gasteiger partial charge in [-0.3, -0.25) is 0 Å². The van der Waals surface area contributed by atoms with E-state index in [-0.39, 0.29) is 27.9 Å². The van der Waals surface area contributed by atoms with Crippen LogP contribution in [0.1, 0.15) is 30.3 Å². The summed E-state index contributed by atoms with van der Waals surface area (Å²) in [5, 5.41) is 0. The molecular weight excluding hydrogens is 254 g/mol. The normalized spacial score (nSPS) is 21.3. The van der Waals surface area contributed by atoms with Crippen molar-refractivity contribution in [3.63, 3.8) is 0 Å². The summed E-state index contributed by atoms with van der Waals surface area (Å²) >= 11 is 0. The predicted octanol–water partition coefficient (Wildman–Crippen LogP) is 5.22. The lowest BCUT2D eigenvalue weighted by molar-refractivity contribution is 1.46. The Morgan fingerprint density at radius 3 is 1.57 bits per heavy atom. The molecule has 0 radical (unpaired) electrons. The summed E-state index contributed by atoms with van der Waals surface area (Å²) in [6.07, 6.45) is 0. The van der Waals surface area contributed by atoms with E-state index in [2.05, 4.69) is 0 Å². The molecular formula is C20H19N. The first kappa shape index (κ1) is 4.74. The average molecular weight is 287 g/mol. The Hall–Kier alpha value is -2.54. The second-order valence-corrected chi connectivity index (χ2v) is 4.27. The zero-order valence-corrected chi connectivity index (χ0v) is 10.8. The third kappa shape index (κ3) is 2.68. The van der Waals surface area contributed by atoms with Gasteiger partial charge in [0.2, 0.25) is 0 Å².